The van der Waals surface area contributed by atoms with Crippen molar-refractivity contribution >= 4 is 5.97 Å². The topological polar surface area (TPSA) is 38.3 Å². The molecule has 4 heteroatoms. The molecule has 0 aromatic carbocycles. The highest BCUT2D eigenvalue weighted by Gasteiger charge is 2.20. The van der Waals surface area contributed by atoms with E-state index < -0.39 is 12.3 Å². The Balaban J connectivity index is 2.51. The van der Waals surface area contributed by atoms with Crippen LogP contribution in [0.15, 0.2) is 11.8 Å². The SMILES string of the molecule is COC(=O)C1=CNC(F)C1. The molecule has 0 radical (unpaired) electrons. The molecule has 0 bridgehead atoms. The molecule has 0 aromatic heterocycles. The lowest BCUT2D eigenvalue weighted by molar-refractivity contribution is -0.136. The summed E-state index contributed by atoms with van der Waals surface area (Å²) >= 11 is 0. The quantitative estimate of drug-likeness (QED) is 0.427. The molecule has 1 aliphatic rings. The van der Waals surface area contributed by atoms with Gasteiger partial charge < -0.3 is 10.1 Å². The minimum atomic E-state index is -1.13. The van der Waals surface area contributed by atoms with E-state index in [0.717, 1.165) is 0 Å². The molecule has 1 N–H and O–H groups in total. The number of alkyl halides is 1. The summed E-state index contributed by atoms with van der Waals surface area (Å²) in [4.78, 5) is 10.7. The molecule has 0 aliphatic carbocycles. The second-order valence-electron chi connectivity index (χ2n) is 2.00. The zero-order valence-corrected chi connectivity index (χ0v) is 5.56. The molecule has 1 rings (SSSR count). The number of rotatable bonds is 1. The first-order chi connectivity index (χ1) is 4.74. The van der Waals surface area contributed by atoms with Crippen molar-refractivity contribution in [1.82, 2.24) is 5.32 Å². The van der Waals surface area contributed by atoms with E-state index in [9.17, 15) is 9.18 Å². The fourth-order valence-corrected chi connectivity index (χ4v) is 0.775. The third-order valence-electron chi connectivity index (χ3n) is 1.29. The molecular formula is C6H8FNO2. The average Bonchev–Trinajstić information content (AvgIpc) is 2.34. The largest absolute Gasteiger partial charge is 0.466 e. The fraction of sp³-hybridized carbons (Fsp3) is 0.500. The van der Waals surface area contributed by atoms with Gasteiger partial charge in [0.2, 0.25) is 0 Å². The molecular weight excluding hydrogens is 137 g/mol. The van der Waals surface area contributed by atoms with Crippen molar-refractivity contribution in [3.63, 3.8) is 0 Å². The lowest BCUT2D eigenvalue weighted by Gasteiger charge is -1.97. The summed E-state index contributed by atoms with van der Waals surface area (Å²) < 4.78 is 16.7. The molecule has 0 amide bonds. The van der Waals surface area contributed by atoms with Crippen molar-refractivity contribution in [2.45, 2.75) is 12.7 Å². The summed E-state index contributed by atoms with van der Waals surface area (Å²) in [5, 5.41) is 2.36. The van der Waals surface area contributed by atoms with Crippen LogP contribution < -0.4 is 5.32 Å². The van der Waals surface area contributed by atoms with E-state index in [4.69, 9.17) is 0 Å². The number of methoxy groups -OCH3 is 1. The highest BCUT2D eigenvalue weighted by molar-refractivity contribution is 5.88. The van der Waals surface area contributed by atoms with Crippen molar-refractivity contribution in [2.75, 3.05) is 7.11 Å². The molecule has 1 aliphatic heterocycles. The van der Waals surface area contributed by atoms with Gasteiger partial charge in [-0.2, -0.15) is 0 Å². The van der Waals surface area contributed by atoms with Gasteiger partial charge in [-0.25, -0.2) is 9.18 Å². The Bertz CT molecular complexity index is 179. The minimum absolute atomic E-state index is 0.104. The standard InChI is InChI=1S/C6H8FNO2/c1-10-6(9)4-2-5(7)8-3-4/h3,5,8H,2H2,1H3. The number of nitrogens with one attached hydrogen (secondary N) is 1. The van der Waals surface area contributed by atoms with Crippen LogP contribution in [0.25, 0.3) is 0 Å². The molecule has 0 aromatic rings. The summed E-state index contributed by atoms with van der Waals surface area (Å²) in [5.41, 5.74) is 0.356. The third kappa shape index (κ3) is 1.26. The van der Waals surface area contributed by atoms with Gasteiger partial charge in [-0.15, -0.1) is 0 Å². The number of hydrogen-bond donors (Lipinski definition) is 1. The van der Waals surface area contributed by atoms with Crippen LogP contribution in [0.5, 0.6) is 0 Å². The van der Waals surface area contributed by atoms with Gasteiger partial charge >= 0.3 is 5.97 Å². The van der Waals surface area contributed by atoms with Gasteiger partial charge in [0.05, 0.1) is 12.7 Å². The van der Waals surface area contributed by atoms with E-state index >= 15 is 0 Å². The van der Waals surface area contributed by atoms with Crippen LogP contribution in [0.4, 0.5) is 4.39 Å². The first kappa shape index (κ1) is 7.05. The number of halogens is 1. The molecule has 0 fully saturated rings. The van der Waals surface area contributed by atoms with Crippen molar-refractivity contribution < 1.29 is 13.9 Å². The van der Waals surface area contributed by atoms with Crippen LogP contribution in [0, 0.1) is 0 Å². The Morgan fingerprint density at radius 2 is 2.70 bits per heavy atom. The molecule has 0 saturated heterocycles. The van der Waals surface area contributed by atoms with Crippen LogP contribution in [-0.2, 0) is 9.53 Å². The summed E-state index contributed by atoms with van der Waals surface area (Å²) in [6, 6.07) is 0. The lowest BCUT2D eigenvalue weighted by atomic mass is 10.2. The van der Waals surface area contributed by atoms with Gasteiger partial charge in [-0.3, -0.25) is 0 Å². The highest BCUT2D eigenvalue weighted by Crippen LogP contribution is 2.13. The number of esters is 1. The van der Waals surface area contributed by atoms with Crippen LogP contribution in [0.2, 0.25) is 0 Å². The summed E-state index contributed by atoms with van der Waals surface area (Å²) in [6.45, 7) is 0. The predicted molar refractivity (Wildman–Crippen MR) is 32.7 cm³/mol. The maximum atomic E-state index is 12.3. The van der Waals surface area contributed by atoms with Crippen LogP contribution >= 0.6 is 0 Å². The molecule has 1 atom stereocenters. The first-order valence-corrected chi connectivity index (χ1v) is 2.91. The molecule has 1 heterocycles. The van der Waals surface area contributed by atoms with Crippen molar-refractivity contribution in [3.05, 3.63) is 11.8 Å². The van der Waals surface area contributed by atoms with E-state index in [1.54, 1.807) is 0 Å². The molecule has 56 valence electrons. The summed E-state index contributed by atoms with van der Waals surface area (Å²) in [7, 11) is 1.27. The molecule has 0 saturated carbocycles. The van der Waals surface area contributed by atoms with Gasteiger partial charge in [-0.05, 0) is 0 Å². The van der Waals surface area contributed by atoms with E-state index in [2.05, 4.69) is 10.1 Å². The van der Waals surface area contributed by atoms with Crippen LogP contribution in [-0.4, -0.2) is 19.4 Å². The number of carbonyl (C=O) groups is 1. The normalized spacial score (nSPS) is 23.4. The Morgan fingerprint density at radius 1 is 2.00 bits per heavy atom. The highest BCUT2D eigenvalue weighted by atomic mass is 19.1. The molecule has 0 spiro atoms. The van der Waals surface area contributed by atoms with Gasteiger partial charge in [0.25, 0.3) is 0 Å². The Hall–Kier alpha value is -1.06. The predicted octanol–water partition coefficient (Wildman–Crippen LogP) is 0.332. The van der Waals surface area contributed by atoms with Crippen LogP contribution in [0.1, 0.15) is 6.42 Å². The Labute approximate surface area is 57.9 Å². The maximum Gasteiger partial charge on any atom is 0.335 e. The molecule has 3 nitrogen and oxygen atoms in total. The second kappa shape index (κ2) is 2.68. The van der Waals surface area contributed by atoms with E-state index in [-0.39, 0.29) is 6.42 Å². The zero-order chi connectivity index (χ0) is 7.56. The van der Waals surface area contributed by atoms with E-state index in [0.29, 0.717) is 5.57 Å². The van der Waals surface area contributed by atoms with Crippen LogP contribution in [0.3, 0.4) is 0 Å². The van der Waals surface area contributed by atoms with Gasteiger partial charge in [0, 0.05) is 12.6 Å². The first-order valence-electron chi connectivity index (χ1n) is 2.91. The number of carbonyl (C=O) groups excluding carboxylic acids is 1. The summed E-state index contributed by atoms with van der Waals surface area (Å²) in [6.07, 6.45) is 0.317. The third-order valence-corrected chi connectivity index (χ3v) is 1.29. The second-order valence-corrected chi connectivity index (χ2v) is 2.00. The van der Waals surface area contributed by atoms with Crippen molar-refractivity contribution in [2.24, 2.45) is 0 Å². The lowest BCUT2D eigenvalue weighted by Crippen LogP contribution is -2.11. The smallest absolute Gasteiger partial charge is 0.335 e. The van der Waals surface area contributed by atoms with E-state index in [1.807, 2.05) is 0 Å². The number of hydrogen-bond acceptors (Lipinski definition) is 3. The Morgan fingerprint density at radius 3 is 3.10 bits per heavy atom. The maximum absolute atomic E-state index is 12.3. The summed E-state index contributed by atoms with van der Waals surface area (Å²) in [5.74, 6) is -0.465. The van der Waals surface area contributed by atoms with Gasteiger partial charge in [0.1, 0.15) is 0 Å². The van der Waals surface area contributed by atoms with Gasteiger partial charge in [0.15, 0.2) is 6.30 Å². The number of ether oxygens (including phenoxy) is 1. The molecule has 10 heavy (non-hydrogen) atoms. The van der Waals surface area contributed by atoms with Crippen molar-refractivity contribution in [1.29, 1.82) is 0 Å². The monoisotopic (exact) mass is 145 g/mol. The fourth-order valence-electron chi connectivity index (χ4n) is 0.775. The zero-order valence-electron chi connectivity index (χ0n) is 5.56. The Kier molecular flexibility index (Phi) is 1.89. The van der Waals surface area contributed by atoms with Crippen molar-refractivity contribution in [3.8, 4) is 0 Å². The average molecular weight is 145 g/mol. The minimum Gasteiger partial charge on any atom is -0.466 e. The van der Waals surface area contributed by atoms with Gasteiger partial charge in [-0.1, -0.05) is 0 Å². The van der Waals surface area contributed by atoms with E-state index in [1.165, 1.54) is 13.3 Å². The molecule has 1 unspecified atom stereocenters.